The van der Waals surface area contributed by atoms with Crippen LogP contribution in [0.5, 0.6) is 5.75 Å². The Morgan fingerprint density at radius 2 is 2.07 bits per heavy atom. The van der Waals surface area contributed by atoms with Gasteiger partial charge in [0, 0.05) is 0 Å². The van der Waals surface area contributed by atoms with Gasteiger partial charge < -0.3 is 4.74 Å². The highest BCUT2D eigenvalue weighted by atomic mass is 16.5. The third-order valence-corrected chi connectivity index (χ3v) is 3.63. The fourth-order valence-electron chi connectivity index (χ4n) is 2.35. The lowest BCUT2D eigenvalue weighted by Gasteiger charge is -2.23. The van der Waals surface area contributed by atoms with Gasteiger partial charge in [-0.25, -0.2) is 0 Å². The molecule has 1 aromatic rings. The molecule has 0 amide bonds. The largest absolute Gasteiger partial charge is 0.497 e. The lowest BCUT2D eigenvalue weighted by molar-refractivity contribution is 0.330. The molecule has 2 rings (SSSR count). The molecule has 0 bridgehead atoms. The van der Waals surface area contributed by atoms with Crippen molar-refractivity contribution in [3.8, 4) is 5.75 Å². The van der Waals surface area contributed by atoms with Gasteiger partial charge in [-0.1, -0.05) is 26.8 Å². The summed E-state index contributed by atoms with van der Waals surface area (Å²) >= 11 is 0. The molecule has 0 heterocycles. The third-order valence-electron chi connectivity index (χ3n) is 3.63. The zero-order chi connectivity index (χ0) is 10.3. The summed E-state index contributed by atoms with van der Waals surface area (Å²) in [6, 6.07) is 6.46. The van der Waals surface area contributed by atoms with Gasteiger partial charge in [0.1, 0.15) is 5.75 Å². The Kier molecular flexibility index (Phi) is 2.06. The predicted octanol–water partition coefficient (Wildman–Crippen LogP) is 3.38. The smallest absolute Gasteiger partial charge is 0.119 e. The Bertz CT molecular complexity index is 352. The van der Waals surface area contributed by atoms with Crippen molar-refractivity contribution in [2.24, 2.45) is 5.41 Å². The average Bonchev–Trinajstić information content (AvgIpc) is 2.37. The van der Waals surface area contributed by atoms with E-state index in [1.807, 2.05) is 0 Å². The van der Waals surface area contributed by atoms with E-state index < -0.39 is 0 Å². The van der Waals surface area contributed by atoms with Gasteiger partial charge in [0.15, 0.2) is 0 Å². The van der Waals surface area contributed by atoms with Crippen molar-refractivity contribution in [2.75, 3.05) is 7.11 Å². The van der Waals surface area contributed by atoms with Crippen molar-refractivity contribution in [1.82, 2.24) is 0 Å². The molecule has 14 heavy (non-hydrogen) atoms. The standard InChI is InChI=1S/C13H18O/c1-9-12-6-5-11(14-4)7-10(12)8-13(9,2)3/h5-7,9H,8H2,1-4H3. The van der Waals surface area contributed by atoms with Crippen molar-refractivity contribution in [1.29, 1.82) is 0 Å². The van der Waals surface area contributed by atoms with E-state index in [2.05, 4.69) is 39.0 Å². The molecular weight excluding hydrogens is 172 g/mol. The monoisotopic (exact) mass is 190 g/mol. The molecule has 76 valence electrons. The van der Waals surface area contributed by atoms with Crippen LogP contribution in [-0.2, 0) is 6.42 Å². The van der Waals surface area contributed by atoms with Crippen LogP contribution < -0.4 is 4.74 Å². The number of hydrogen-bond donors (Lipinski definition) is 0. The van der Waals surface area contributed by atoms with E-state index in [4.69, 9.17) is 4.74 Å². The van der Waals surface area contributed by atoms with Gasteiger partial charge in [0.25, 0.3) is 0 Å². The molecule has 1 aliphatic rings. The van der Waals surface area contributed by atoms with Gasteiger partial charge in [-0.05, 0) is 41.0 Å². The number of rotatable bonds is 1. The fraction of sp³-hybridized carbons (Fsp3) is 0.538. The van der Waals surface area contributed by atoms with E-state index in [1.54, 1.807) is 7.11 Å². The van der Waals surface area contributed by atoms with Crippen LogP contribution in [0.25, 0.3) is 0 Å². The molecule has 0 saturated carbocycles. The number of fused-ring (bicyclic) bond motifs is 1. The lowest BCUT2D eigenvalue weighted by atomic mass is 9.81. The van der Waals surface area contributed by atoms with E-state index in [1.165, 1.54) is 17.5 Å². The van der Waals surface area contributed by atoms with Crippen LogP contribution in [-0.4, -0.2) is 7.11 Å². The van der Waals surface area contributed by atoms with E-state index in [9.17, 15) is 0 Å². The van der Waals surface area contributed by atoms with Crippen LogP contribution in [0, 0.1) is 5.41 Å². The molecule has 1 aliphatic carbocycles. The Morgan fingerprint density at radius 1 is 1.36 bits per heavy atom. The van der Waals surface area contributed by atoms with Crippen LogP contribution in [0.1, 0.15) is 37.8 Å². The molecule has 0 saturated heterocycles. The minimum absolute atomic E-state index is 0.398. The molecule has 0 fully saturated rings. The molecule has 0 N–H and O–H groups in total. The van der Waals surface area contributed by atoms with E-state index in [0.29, 0.717) is 11.3 Å². The minimum atomic E-state index is 0.398. The minimum Gasteiger partial charge on any atom is -0.497 e. The number of hydrogen-bond acceptors (Lipinski definition) is 1. The van der Waals surface area contributed by atoms with Crippen LogP contribution >= 0.6 is 0 Å². The molecule has 0 aliphatic heterocycles. The SMILES string of the molecule is COc1ccc2c(c1)CC(C)(C)C2C. The van der Waals surface area contributed by atoms with E-state index >= 15 is 0 Å². The molecule has 1 heteroatoms. The van der Waals surface area contributed by atoms with Crippen molar-refractivity contribution in [3.05, 3.63) is 29.3 Å². The maximum atomic E-state index is 5.24. The Labute approximate surface area is 86.1 Å². The Morgan fingerprint density at radius 3 is 2.71 bits per heavy atom. The second-order valence-electron chi connectivity index (χ2n) is 4.95. The van der Waals surface area contributed by atoms with Crippen molar-refractivity contribution in [3.63, 3.8) is 0 Å². The first-order chi connectivity index (χ1) is 6.54. The molecular formula is C13H18O. The van der Waals surface area contributed by atoms with Crippen LogP contribution in [0.15, 0.2) is 18.2 Å². The molecule has 0 radical (unpaired) electrons. The third kappa shape index (κ3) is 1.31. The number of methoxy groups -OCH3 is 1. The van der Waals surface area contributed by atoms with Gasteiger partial charge in [-0.15, -0.1) is 0 Å². The highest BCUT2D eigenvalue weighted by Crippen LogP contribution is 2.47. The zero-order valence-electron chi connectivity index (χ0n) is 9.42. The molecule has 1 unspecified atom stereocenters. The van der Waals surface area contributed by atoms with Gasteiger partial charge in [0.2, 0.25) is 0 Å². The molecule has 1 aromatic carbocycles. The van der Waals surface area contributed by atoms with E-state index in [-0.39, 0.29) is 0 Å². The maximum absolute atomic E-state index is 5.24. The number of benzene rings is 1. The topological polar surface area (TPSA) is 9.23 Å². The first-order valence-corrected chi connectivity index (χ1v) is 5.21. The highest BCUT2D eigenvalue weighted by molar-refractivity contribution is 5.42. The molecule has 1 atom stereocenters. The summed E-state index contributed by atoms with van der Waals surface area (Å²) in [5.74, 6) is 1.64. The normalized spacial score (nSPS) is 23.3. The van der Waals surface area contributed by atoms with E-state index in [0.717, 1.165) is 5.75 Å². The maximum Gasteiger partial charge on any atom is 0.119 e. The second-order valence-corrected chi connectivity index (χ2v) is 4.95. The zero-order valence-corrected chi connectivity index (χ0v) is 9.42. The first kappa shape index (κ1) is 9.57. The highest BCUT2D eigenvalue weighted by Gasteiger charge is 2.35. The van der Waals surface area contributed by atoms with Gasteiger partial charge >= 0.3 is 0 Å². The summed E-state index contributed by atoms with van der Waals surface area (Å²) in [4.78, 5) is 0. The number of ether oxygens (including phenoxy) is 1. The molecule has 1 nitrogen and oxygen atoms in total. The van der Waals surface area contributed by atoms with Crippen LogP contribution in [0.4, 0.5) is 0 Å². The summed E-state index contributed by atoms with van der Waals surface area (Å²) in [6.45, 7) is 6.99. The summed E-state index contributed by atoms with van der Waals surface area (Å²) in [6.07, 6.45) is 1.17. The van der Waals surface area contributed by atoms with Crippen molar-refractivity contribution in [2.45, 2.75) is 33.1 Å². The summed E-state index contributed by atoms with van der Waals surface area (Å²) in [7, 11) is 1.73. The Balaban J connectivity index is 2.44. The predicted molar refractivity (Wildman–Crippen MR) is 58.9 cm³/mol. The quantitative estimate of drug-likeness (QED) is 0.659. The summed E-state index contributed by atoms with van der Waals surface area (Å²) in [5.41, 5.74) is 3.35. The second kappa shape index (κ2) is 3.01. The van der Waals surface area contributed by atoms with Crippen LogP contribution in [0.2, 0.25) is 0 Å². The molecule has 0 spiro atoms. The Hall–Kier alpha value is -0.980. The first-order valence-electron chi connectivity index (χ1n) is 5.21. The van der Waals surface area contributed by atoms with Crippen molar-refractivity contribution < 1.29 is 4.74 Å². The summed E-state index contributed by atoms with van der Waals surface area (Å²) in [5, 5.41) is 0. The van der Waals surface area contributed by atoms with Crippen LogP contribution in [0.3, 0.4) is 0 Å². The van der Waals surface area contributed by atoms with Gasteiger partial charge in [0.05, 0.1) is 7.11 Å². The fourth-order valence-corrected chi connectivity index (χ4v) is 2.35. The van der Waals surface area contributed by atoms with Gasteiger partial charge in [-0.2, -0.15) is 0 Å². The summed E-state index contributed by atoms with van der Waals surface area (Å²) < 4.78 is 5.24. The van der Waals surface area contributed by atoms with Crippen molar-refractivity contribution >= 4 is 0 Å². The lowest BCUT2D eigenvalue weighted by Crippen LogP contribution is -2.14. The molecule has 0 aromatic heterocycles. The van der Waals surface area contributed by atoms with Gasteiger partial charge in [-0.3, -0.25) is 0 Å². The average molecular weight is 190 g/mol.